The van der Waals surface area contributed by atoms with Crippen molar-refractivity contribution in [1.82, 2.24) is 5.32 Å². The second kappa shape index (κ2) is 11.4. The zero-order valence-electron chi connectivity index (χ0n) is 20.0. The van der Waals surface area contributed by atoms with Crippen LogP contribution in [0.15, 0.2) is 48.5 Å². The summed E-state index contributed by atoms with van der Waals surface area (Å²) >= 11 is 0.978. The average Bonchev–Trinajstić information content (AvgIpc) is 3.15. The van der Waals surface area contributed by atoms with Crippen molar-refractivity contribution in [3.05, 3.63) is 81.2 Å². The molecule has 0 atom stereocenters. The van der Waals surface area contributed by atoms with Gasteiger partial charge in [-0.1, -0.05) is 35.9 Å². The van der Waals surface area contributed by atoms with Gasteiger partial charge < -0.3 is 20.7 Å². The van der Waals surface area contributed by atoms with Gasteiger partial charge in [0, 0.05) is 11.3 Å². The molecular weight excluding hydrogens is 466 g/mol. The first-order valence-corrected chi connectivity index (χ1v) is 11.8. The van der Waals surface area contributed by atoms with Gasteiger partial charge in [0.1, 0.15) is 5.00 Å². The molecule has 9 heteroatoms. The predicted octanol–water partition coefficient (Wildman–Crippen LogP) is 4.47. The number of amides is 3. The molecule has 1 aromatic heterocycles. The summed E-state index contributed by atoms with van der Waals surface area (Å²) < 4.78 is 5.15. The average molecular weight is 494 g/mol. The summed E-state index contributed by atoms with van der Waals surface area (Å²) in [7, 11) is 0. The topological polar surface area (TPSA) is 114 Å². The third kappa shape index (κ3) is 6.33. The first-order valence-electron chi connectivity index (χ1n) is 11.0. The van der Waals surface area contributed by atoms with Crippen LogP contribution in [0.25, 0.3) is 0 Å². The molecule has 0 aliphatic heterocycles. The lowest BCUT2D eigenvalue weighted by atomic mass is 10.1. The molecule has 0 aliphatic rings. The van der Waals surface area contributed by atoms with E-state index in [9.17, 15) is 19.2 Å². The normalized spacial score (nSPS) is 10.4. The zero-order valence-corrected chi connectivity index (χ0v) is 20.8. The van der Waals surface area contributed by atoms with Crippen LogP contribution in [0.4, 0.5) is 10.7 Å². The fourth-order valence-electron chi connectivity index (χ4n) is 3.42. The van der Waals surface area contributed by atoms with E-state index in [4.69, 9.17) is 4.74 Å². The molecule has 0 bridgehead atoms. The quantitative estimate of drug-likeness (QED) is 0.401. The second-order valence-electron chi connectivity index (χ2n) is 7.85. The molecule has 0 saturated carbocycles. The number of carbonyl (C=O) groups excluding carboxylic acids is 4. The van der Waals surface area contributed by atoms with Crippen LogP contribution in [0.3, 0.4) is 0 Å². The summed E-state index contributed by atoms with van der Waals surface area (Å²) in [5.41, 5.74) is 3.57. The molecule has 1 heterocycles. The minimum absolute atomic E-state index is 0.116. The summed E-state index contributed by atoms with van der Waals surface area (Å²) in [6, 6.07) is 14.2. The van der Waals surface area contributed by atoms with Crippen LogP contribution in [0.5, 0.6) is 0 Å². The molecule has 0 unspecified atom stereocenters. The number of benzene rings is 2. The largest absolute Gasteiger partial charge is 0.462 e. The zero-order chi connectivity index (χ0) is 25.5. The van der Waals surface area contributed by atoms with Gasteiger partial charge in [0.15, 0.2) is 0 Å². The molecule has 182 valence electrons. The minimum Gasteiger partial charge on any atom is -0.462 e. The van der Waals surface area contributed by atoms with Gasteiger partial charge in [-0.25, -0.2) is 4.79 Å². The van der Waals surface area contributed by atoms with E-state index in [-0.39, 0.29) is 28.6 Å². The molecule has 2 aromatic carbocycles. The summed E-state index contributed by atoms with van der Waals surface area (Å²) in [6.07, 6.45) is 0. The predicted molar refractivity (Wildman–Crippen MR) is 136 cm³/mol. The van der Waals surface area contributed by atoms with Crippen LogP contribution in [0.1, 0.15) is 54.0 Å². The van der Waals surface area contributed by atoms with Crippen molar-refractivity contribution in [2.75, 3.05) is 23.8 Å². The Morgan fingerprint density at radius 2 is 1.63 bits per heavy atom. The van der Waals surface area contributed by atoms with Crippen LogP contribution in [0, 0.1) is 20.8 Å². The third-order valence-corrected chi connectivity index (χ3v) is 6.37. The molecule has 0 spiro atoms. The maximum atomic E-state index is 13.1. The number of nitrogens with one attached hydrogen (secondary N) is 3. The molecule has 35 heavy (non-hydrogen) atoms. The summed E-state index contributed by atoms with van der Waals surface area (Å²) in [5, 5.41) is 8.23. The Balaban J connectivity index is 1.80. The lowest BCUT2D eigenvalue weighted by Crippen LogP contribution is -2.33. The van der Waals surface area contributed by atoms with E-state index < -0.39 is 23.7 Å². The Morgan fingerprint density at radius 1 is 0.914 bits per heavy atom. The van der Waals surface area contributed by atoms with Crippen LogP contribution in [-0.4, -0.2) is 36.8 Å². The second-order valence-corrected chi connectivity index (χ2v) is 8.87. The number of ether oxygens (including phenoxy) is 1. The maximum absolute atomic E-state index is 13.1. The van der Waals surface area contributed by atoms with Gasteiger partial charge in [0.25, 0.3) is 11.8 Å². The van der Waals surface area contributed by atoms with Crippen molar-refractivity contribution in [3.63, 3.8) is 0 Å². The Kier molecular flexibility index (Phi) is 8.38. The highest BCUT2D eigenvalue weighted by atomic mass is 32.1. The van der Waals surface area contributed by atoms with Gasteiger partial charge in [-0.15, -0.1) is 11.3 Å². The SMILES string of the molecule is CCOC(=O)c1c(NC(=O)CNC(=O)c2ccccc2)sc(C(=O)Nc2ccc(C)cc2C)c1C. The molecule has 3 N–H and O–H groups in total. The monoisotopic (exact) mass is 493 g/mol. The van der Waals surface area contributed by atoms with E-state index in [1.54, 1.807) is 44.2 Å². The first-order chi connectivity index (χ1) is 16.7. The molecule has 0 saturated heterocycles. The standard InChI is InChI=1S/C26H27N3O5S/c1-5-34-26(33)21-17(4)22(24(32)28-19-12-11-15(2)13-16(19)3)35-25(21)29-20(30)14-27-23(31)18-9-7-6-8-10-18/h6-13H,5,14H2,1-4H3,(H,27,31)(H,28,32)(H,29,30). The molecule has 3 amide bonds. The fraction of sp³-hybridized carbons (Fsp3) is 0.231. The number of thiophene rings is 1. The summed E-state index contributed by atoms with van der Waals surface area (Å²) in [4.78, 5) is 50.7. The van der Waals surface area contributed by atoms with Crippen molar-refractivity contribution < 1.29 is 23.9 Å². The number of hydrogen-bond donors (Lipinski definition) is 3. The van der Waals surface area contributed by atoms with Crippen molar-refractivity contribution >= 4 is 45.7 Å². The number of hydrogen-bond acceptors (Lipinski definition) is 6. The molecule has 0 radical (unpaired) electrons. The van der Waals surface area contributed by atoms with Crippen LogP contribution < -0.4 is 16.0 Å². The van der Waals surface area contributed by atoms with Gasteiger partial charge in [-0.05, 0) is 57.0 Å². The lowest BCUT2D eigenvalue weighted by Gasteiger charge is -2.09. The molecule has 0 fully saturated rings. The number of rotatable bonds is 8. The van der Waals surface area contributed by atoms with E-state index in [0.29, 0.717) is 16.8 Å². The van der Waals surface area contributed by atoms with E-state index in [1.807, 2.05) is 32.0 Å². The van der Waals surface area contributed by atoms with Gasteiger partial charge in [0.2, 0.25) is 5.91 Å². The van der Waals surface area contributed by atoms with E-state index in [0.717, 1.165) is 22.5 Å². The Morgan fingerprint density at radius 3 is 2.29 bits per heavy atom. The van der Waals surface area contributed by atoms with E-state index in [2.05, 4.69) is 16.0 Å². The van der Waals surface area contributed by atoms with Crippen molar-refractivity contribution in [1.29, 1.82) is 0 Å². The highest BCUT2D eigenvalue weighted by Crippen LogP contribution is 2.34. The highest BCUT2D eigenvalue weighted by Gasteiger charge is 2.27. The summed E-state index contributed by atoms with van der Waals surface area (Å²) in [6.45, 7) is 6.99. The Hall–Kier alpha value is -3.98. The number of anilines is 2. The summed E-state index contributed by atoms with van der Waals surface area (Å²) in [5.74, 6) is -1.98. The van der Waals surface area contributed by atoms with Crippen molar-refractivity contribution in [3.8, 4) is 0 Å². The van der Waals surface area contributed by atoms with Crippen LogP contribution in [0.2, 0.25) is 0 Å². The van der Waals surface area contributed by atoms with Crippen LogP contribution in [-0.2, 0) is 9.53 Å². The van der Waals surface area contributed by atoms with Gasteiger partial charge in [0.05, 0.1) is 23.6 Å². The van der Waals surface area contributed by atoms with Crippen LogP contribution >= 0.6 is 11.3 Å². The Labute approximate surface area is 207 Å². The maximum Gasteiger partial charge on any atom is 0.341 e. The molecule has 0 aliphatic carbocycles. The molecule has 8 nitrogen and oxygen atoms in total. The molecule has 3 aromatic rings. The van der Waals surface area contributed by atoms with Gasteiger partial charge in [-0.2, -0.15) is 0 Å². The minimum atomic E-state index is -0.643. The van der Waals surface area contributed by atoms with Crippen molar-refractivity contribution in [2.45, 2.75) is 27.7 Å². The fourth-order valence-corrected chi connectivity index (χ4v) is 4.53. The number of carbonyl (C=O) groups is 4. The first kappa shape index (κ1) is 25.6. The van der Waals surface area contributed by atoms with E-state index >= 15 is 0 Å². The smallest absolute Gasteiger partial charge is 0.341 e. The number of esters is 1. The third-order valence-electron chi connectivity index (χ3n) is 5.16. The van der Waals surface area contributed by atoms with E-state index in [1.165, 1.54) is 0 Å². The van der Waals surface area contributed by atoms with Gasteiger partial charge >= 0.3 is 5.97 Å². The van der Waals surface area contributed by atoms with Gasteiger partial charge in [-0.3, -0.25) is 14.4 Å². The van der Waals surface area contributed by atoms with Crippen molar-refractivity contribution in [2.24, 2.45) is 0 Å². The molecular formula is C26H27N3O5S. The molecule has 3 rings (SSSR count). The number of aryl methyl sites for hydroxylation is 2. The lowest BCUT2D eigenvalue weighted by molar-refractivity contribution is -0.115. The Bertz CT molecular complexity index is 1270. The highest BCUT2D eigenvalue weighted by molar-refractivity contribution is 7.19.